The van der Waals surface area contributed by atoms with Crippen molar-refractivity contribution in [2.75, 3.05) is 22.6 Å². The maximum atomic E-state index is 12.8. The van der Waals surface area contributed by atoms with E-state index in [1.807, 2.05) is 48.3 Å². The monoisotopic (exact) mass is 490 g/mol. The third-order valence-corrected chi connectivity index (χ3v) is 5.92. The van der Waals surface area contributed by atoms with Crippen LogP contribution in [0.15, 0.2) is 104 Å². The summed E-state index contributed by atoms with van der Waals surface area (Å²) in [4.78, 5) is 33.9. The summed E-state index contributed by atoms with van der Waals surface area (Å²) in [7, 11) is 1.97. The molecule has 9 nitrogen and oxygen atoms in total. The normalized spacial score (nSPS) is 10.6. The Morgan fingerprint density at radius 1 is 0.838 bits per heavy atom. The van der Waals surface area contributed by atoms with Crippen molar-refractivity contribution in [1.29, 1.82) is 0 Å². The van der Waals surface area contributed by atoms with Gasteiger partial charge in [-0.15, -0.1) is 0 Å². The molecule has 9 heteroatoms. The van der Waals surface area contributed by atoms with E-state index in [9.17, 15) is 14.9 Å². The zero-order valence-corrected chi connectivity index (χ0v) is 19.8. The number of hydrogen-bond donors (Lipinski definition) is 2. The van der Waals surface area contributed by atoms with E-state index in [-0.39, 0.29) is 11.6 Å². The first-order valence-corrected chi connectivity index (χ1v) is 11.4. The van der Waals surface area contributed by atoms with E-state index in [0.717, 1.165) is 17.1 Å². The van der Waals surface area contributed by atoms with Crippen LogP contribution in [-0.4, -0.2) is 27.8 Å². The van der Waals surface area contributed by atoms with Crippen LogP contribution in [0.5, 0.6) is 0 Å². The second kappa shape index (κ2) is 10.1. The summed E-state index contributed by atoms with van der Waals surface area (Å²) >= 11 is 0. The van der Waals surface area contributed by atoms with Crippen LogP contribution in [0.1, 0.15) is 10.4 Å². The molecule has 0 spiro atoms. The predicted octanol–water partition coefficient (Wildman–Crippen LogP) is 6.30. The van der Waals surface area contributed by atoms with E-state index < -0.39 is 4.92 Å². The summed E-state index contributed by atoms with van der Waals surface area (Å²) in [5, 5.41) is 18.0. The number of nitrogens with one attached hydrogen (secondary N) is 2. The summed E-state index contributed by atoms with van der Waals surface area (Å²) < 4.78 is 0. The lowest BCUT2D eigenvalue weighted by Crippen LogP contribution is -2.12. The highest BCUT2D eigenvalue weighted by Gasteiger charge is 2.11. The smallest absolute Gasteiger partial charge is 0.270 e. The fourth-order valence-corrected chi connectivity index (χ4v) is 3.91. The molecule has 2 heterocycles. The van der Waals surface area contributed by atoms with Crippen LogP contribution in [0.3, 0.4) is 0 Å². The minimum absolute atomic E-state index is 0.00684. The Labute approximate surface area is 212 Å². The molecule has 0 atom stereocenters. The van der Waals surface area contributed by atoms with Crippen molar-refractivity contribution in [3.63, 3.8) is 0 Å². The van der Waals surface area contributed by atoms with Crippen molar-refractivity contribution in [1.82, 2.24) is 9.97 Å². The largest absolute Gasteiger partial charge is 0.355 e. The van der Waals surface area contributed by atoms with Gasteiger partial charge in [-0.3, -0.25) is 24.9 Å². The van der Waals surface area contributed by atoms with Gasteiger partial charge in [0.1, 0.15) is 0 Å². The predicted molar refractivity (Wildman–Crippen MR) is 145 cm³/mol. The number of nitrogens with zero attached hydrogens (tertiary/aromatic N) is 4. The van der Waals surface area contributed by atoms with Gasteiger partial charge < -0.3 is 15.5 Å². The van der Waals surface area contributed by atoms with Crippen molar-refractivity contribution in [3.8, 4) is 0 Å². The van der Waals surface area contributed by atoms with E-state index in [4.69, 9.17) is 0 Å². The SMILES string of the molecule is CN(c1ccncc1)c1ccc(NC(=O)c2ccc(Nc3ccnc4ccc([N+](=O)[O-])cc34)cc2)cc1. The van der Waals surface area contributed by atoms with Crippen LogP contribution in [0.25, 0.3) is 10.9 Å². The number of rotatable bonds is 7. The number of carbonyl (C=O) groups excluding carboxylic acids is 1. The van der Waals surface area contributed by atoms with Crippen molar-refractivity contribution in [2.45, 2.75) is 0 Å². The van der Waals surface area contributed by atoms with Crippen LogP contribution >= 0.6 is 0 Å². The zero-order valence-electron chi connectivity index (χ0n) is 19.8. The molecular weight excluding hydrogens is 468 g/mol. The highest BCUT2D eigenvalue weighted by atomic mass is 16.6. The number of pyridine rings is 2. The lowest BCUT2D eigenvalue weighted by molar-refractivity contribution is -0.384. The van der Waals surface area contributed by atoms with E-state index in [1.54, 1.807) is 55.0 Å². The summed E-state index contributed by atoms with van der Waals surface area (Å²) in [5.41, 5.74) is 5.23. The lowest BCUT2D eigenvalue weighted by Gasteiger charge is -2.19. The molecule has 3 aromatic carbocycles. The Morgan fingerprint density at radius 3 is 2.22 bits per heavy atom. The highest BCUT2D eigenvalue weighted by Crippen LogP contribution is 2.29. The molecule has 0 bridgehead atoms. The van der Waals surface area contributed by atoms with Gasteiger partial charge in [0.05, 0.1) is 10.4 Å². The number of fused-ring (bicyclic) bond motifs is 1. The molecule has 0 aliphatic rings. The Morgan fingerprint density at radius 2 is 1.51 bits per heavy atom. The molecule has 5 rings (SSSR count). The van der Waals surface area contributed by atoms with Crippen LogP contribution < -0.4 is 15.5 Å². The maximum Gasteiger partial charge on any atom is 0.270 e. The number of hydrogen-bond acceptors (Lipinski definition) is 7. The molecule has 182 valence electrons. The highest BCUT2D eigenvalue weighted by molar-refractivity contribution is 6.04. The van der Waals surface area contributed by atoms with Crippen LogP contribution in [0.2, 0.25) is 0 Å². The van der Waals surface area contributed by atoms with E-state index in [2.05, 4.69) is 20.6 Å². The molecule has 0 fully saturated rings. The van der Waals surface area contributed by atoms with Crippen molar-refractivity contribution < 1.29 is 9.72 Å². The summed E-state index contributed by atoms with van der Waals surface area (Å²) in [6, 6.07) is 24.7. The molecule has 0 saturated heterocycles. The summed E-state index contributed by atoms with van der Waals surface area (Å²) in [6.07, 6.45) is 5.12. The molecule has 1 amide bonds. The fraction of sp³-hybridized carbons (Fsp3) is 0.0357. The Hall–Kier alpha value is -5.31. The molecule has 0 unspecified atom stereocenters. The van der Waals surface area contributed by atoms with Gasteiger partial charge in [-0.1, -0.05) is 0 Å². The average molecular weight is 491 g/mol. The first kappa shape index (κ1) is 23.4. The first-order valence-electron chi connectivity index (χ1n) is 11.4. The molecule has 2 N–H and O–H groups in total. The number of nitro groups is 1. The number of carbonyl (C=O) groups is 1. The van der Waals surface area contributed by atoms with E-state index in [1.165, 1.54) is 12.1 Å². The zero-order chi connectivity index (χ0) is 25.8. The lowest BCUT2D eigenvalue weighted by atomic mass is 10.1. The number of anilines is 5. The Balaban J connectivity index is 1.26. The molecule has 0 saturated carbocycles. The van der Waals surface area contributed by atoms with Gasteiger partial charge in [-0.2, -0.15) is 0 Å². The minimum Gasteiger partial charge on any atom is -0.355 e. The quantitative estimate of drug-likeness (QED) is 0.203. The van der Waals surface area contributed by atoms with Crippen molar-refractivity contribution in [3.05, 3.63) is 119 Å². The molecular formula is C28H22N6O3. The summed E-state index contributed by atoms with van der Waals surface area (Å²) in [6.45, 7) is 0. The van der Waals surface area contributed by atoms with Gasteiger partial charge in [0, 0.05) is 77.2 Å². The van der Waals surface area contributed by atoms with Crippen LogP contribution in [-0.2, 0) is 0 Å². The number of benzene rings is 3. The molecule has 0 aliphatic heterocycles. The third-order valence-electron chi connectivity index (χ3n) is 5.92. The van der Waals surface area contributed by atoms with Gasteiger partial charge in [0.2, 0.25) is 0 Å². The molecule has 2 aromatic heterocycles. The number of aromatic nitrogens is 2. The molecule has 0 radical (unpaired) electrons. The van der Waals surface area contributed by atoms with Crippen LogP contribution in [0, 0.1) is 10.1 Å². The van der Waals surface area contributed by atoms with Gasteiger partial charge in [-0.05, 0) is 72.8 Å². The maximum absolute atomic E-state index is 12.8. The topological polar surface area (TPSA) is 113 Å². The minimum atomic E-state index is -0.434. The number of non-ortho nitro benzene ring substituents is 1. The molecule has 0 aliphatic carbocycles. The molecule has 5 aromatic rings. The van der Waals surface area contributed by atoms with Gasteiger partial charge in [0.25, 0.3) is 11.6 Å². The van der Waals surface area contributed by atoms with Gasteiger partial charge in [0.15, 0.2) is 0 Å². The van der Waals surface area contributed by atoms with E-state index >= 15 is 0 Å². The first-order chi connectivity index (χ1) is 18.0. The standard InChI is InChI=1S/C28H22N6O3/c1-33(23-12-15-29-16-13-23)22-8-6-21(7-9-22)32-28(35)19-2-4-20(5-3-19)31-27-14-17-30-26-11-10-24(34(36)37)18-25(26)27/h2-18H,1H3,(H,30,31)(H,32,35). The second-order valence-corrected chi connectivity index (χ2v) is 8.28. The van der Waals surface area contributed by atoms with E-state index in [0.29, 0.717) is 27.8 Å². The van der Waals surface area contributed by atoms with Gasteiger partial charge in [-0.25, -0.2) is 0 Å². The van der Waals surface area contributed by atoms with Crippen molar-refractivity contribution >= 4 is 50.9 Å². The number of nitro benzene ring substituents is 1. The second-order valence-electron chi connectivity index (χ2n) is 8.28. The van der Waals surface area contributed by atoms with Gasteiger partial charge >= 0.3 is 0 Å². The Bertz CT molecular complexity index is 1570. The third kappa shape index (κ3) is 5.20. The summed E-state index contributed by atoms with van der Waals surface area (Å²) in [5.74, 6) is -0.230. The number of amides is 1. The van der Waals surface area contributed by atoms with Crippen molar-refractivity contribution in [2.24, 2.45) is 0 Å². The Kier molecular flexibility index (Phi) is 6.41. The van der Waals surface area contributed by atoms with Crippen LogP contribution in [0.4, 0.5) is 34.1 Å². The molecule has 37 heavy (non-hydrogen) atoms. The average Bonchev–Trinajstić information content (AvgIpc) is 2.94. The fourth-order valence-electron chi connectivity index (χ4n) is 3.91.